The maximum Gasteiger partial charge on any atom is 0.118 e. The molecule has 0 fully saturated rings. The zero-order valence-electron chi connectivity index (χ0n) is 9.03. The molecule has 14 heavy (non-hydrogen) atoms. The number of hydrogen-bond acceptors (Lipinski definition) is 3. The minimum atomic E-state index is 0.0657. The summed E-state index contributed by atoms with van der Waals surface area (Å²) in [6.45, 7) is 0.854. The number of rotatable bonds is 4. The van der Waals surface area contributed by atoms with Crippen LogP contribution in [0.25, 0.3) is 0 Å². The lowest BCUT2D eigenvalue weighted by molar-refractivity contribution is 0.376. The molecule has 0 aliphatic heterocycles. The average Bonchev–Trinajstić information content (AvgIpc) is 2.17. The van der Waals surface area contributed by atoms with E-state index in [1.165, 1.54) is 0 Å². The van der Waals surface area contributed by atoms with Gasteiger partial charge in [-0.25, -0.2) is 0 Å². The number of likely N-dealkylation sites (N-methyl/N-ethyl adjacent to an activating group) is 1. The molecule has 3 nitrogen and oxygen atoms in total. The third-order valence-corrected chi connectivity index (χ3v) is 2.11. The summed E-state index contributed by atoms with van der Waals surface area (Å²) in [7, 11) is 5.70. The lowest BCUT2D eigenvalue weighted by Gasteiger charge is -2.17. The van der Waals surface area contributed by atoms with Crippen molar-refractivity contribution in [2.45, 2.75) is 6.04 Å². The van der Waals surface area contributed by atoms with Crippen LogP contribution in [0.5, 0.6) is 5.75 Å². The highest BCUT2D eigenvalue weighted by molar-refractivity contribution is 5.29. The number of nitrogens with zero attached hydrogens (tertiary/aromatic N) is 1. The molecule has 78 valence electrons. The fourth-order valence-electron chi connectivity index (χ4n) is 1.35. The number of ether oxygens (including phenoxy) is 1. The smallest absolute Gasteiger partial charge is 0.118 e. The van der Waals surface area contributed by atoms with Crippen molar-refractivity contribution in [3.63, 3.8) is 0 Å². The lowest BCUT2D eigenvalue weighted by Crippen LogP contribution is -2.25. The van der Waals surface area contributed by atoms with Crippen molar-refractivity contribution in [2.24, 2.45) is 5.73 Å². The van der Waals surface area contributed by atoms with Crippen LogP contribution in [0.1, 0.15) is 11.6 Å². The van der Waals surface area contributed by atoms with Crippen molar-refractivity contribution in [3.05, 3.63) is 29.8 Å². The molecule has 0 aromatic heterocycles. The monoisotopic (exact) mass is 194 g/mol. The summed E-state index contributed by atoms with van der Waals surface area (Å²) in [6.07, 6.45) is 0. The van der Waals surface area contributed by atoms with Crippen LogP contribution in [0.15, 0.2) is 24.3 Å². The molecule has 0 amide bonds. The summed E-state index contributed by atoms with van der Waals surface area (Å²) in [4.78, 5) is 2.08. The van der Waals surface area contributed by atoms with E-state index >= 15 is 0 Å². The first-order valence-corrected chi connectivity index (χ1v) is 4.67. The van der Waals surface area contributed by atoms with Crippen LogP contribution in [0, 0.1) is 0 Å². The highest BCUT2D eigenvalue weighted by Crippen LogP contribution is 2.16. The Morgan fingerprint density at radius 1 is 1.29 bits per heavy atom. The molecule has 1 aromatic carbocycles. The highest BCUT2D eigenvalue weighted by atomic mass is 16.5. The number of hydrogen-bond donors (Lipinski definition) is 1. The van der Waals surface area contributed by atoms with Crippen LogP contribution in [-0.4, -0.2) is 32.6 Å². The highest BCUT2D eigenvalue weighted by Gasteiger charge is 2.06. The van der Waals surface area contributed by atoms with Crippen LogP contribution in [0.4, 0.5) is 0 Å². The quantitative estimate of drug-likeness (QED) is 0.784. The van der Waals surface area contributed by atoms with Crippen molar-refractivity contribution in [2.75, 3.05) is 27.7 Å². The molecule has 0 radical (unpaired) electrons. The molecule has 0 bridgehead atoms. The molecule has 0 saturated heterocycles. The van der Waals surface area contributed by atoms with Crippen molar-refractivity contribution in [3.8, 4) is 5.75 Å². The van der Waals surface area contributed by atoms with E-state index in [4.69, 9.17) is 10.5 Å². The first-order valence-electron chi connectivity index (χ1n) is 4.67. The van der Waals surface area contributed by atoms with Gasteiger partial charge in [0.1, 0.15) is 5.75 Å². The maximum absolute atomic E-state index is 6.00. The van der Waals surface area contributed by atoms with E-state index in [1.807, 2.05) is 38.4 Å². The molecule has 2 N–H and O–H groups in total. The normalized spacial score (nSPS) is 12.9. The number of nitrogens with two attached hydrogens (primary N) is 1. The van der Waals surface area contributed by atoms with Crippen LogP contribution in [0.2, 0.25) is 0 Å². The van der Waals surface area contributed by atoms with Crippen LogP contribution >= 0.6 is 0 Å². The molecular weight excluding hydrogens is 176 g/mol. The Morgan fingerprint density at radius 2 is 1.86 bits per heavy atom. The second-order valence-corrected chi connectivity index (χ2v) is 3.64. The van der Waals surface area contributed by atoms with Crippen LogP contribution in [-0.2, 0) is 0 Å². The SMILES string of the molecule is COc1ccc([C@@H](N)CN(C)C)cc1. The van der Waals surface area contributed by atoms with Gasteiger partial charge < -0.3 is 15.4 Å². The molecule has 3 heteroatoms. The predicted octanol–water partition coefficient (Wildman–Crippen LogP) is 1.26. The second kappa shape index (κ2) is 4.98. The summed E-state index contributed by atoms with van der Waals surface area (Å²) in [5, 5.41) is 0. The summed E-state index contributed by atoms with van der Waals surface area (Å²) < 4.78 is 5.08. The van der Waals surface area contributed by atoms with Gasteiger partial charge in [-0.2, -0.15) is 0 Å². The van der Waals surface area contributed by atoms with E-state index < -0.39 is 0 Å². The Hall–Kier alpha value is -1.06. The summed E-state index contributed by atoms with van der Waals surface area (Å²) in [5.74, 6) is 0.866. The zero-order chi connectivity index (χ0) is 10.6. The molecule has 0 aliphatic rings. The van der Waals surface area contributed by atoms with Gasteiger partial charge in [0.25, 0.3) is 0 Å². The Labute approximate surface area is 85.5 Å². The van der Waals surface area contributed by atoms with Gasteiger partial charge in [0, 0.05) is 12.6 Å². The molecule has 1 rings (SSSR count). The van der Waals surface area contributed by atoms with E-state index in [0.29, 0.717) is 0 Å². The van der Waals surface area contributed by atoms with Gasteiger partial charge in [-0.3, -0.25) is 0 Å². The van der Waals surface area contributed by atoms with Crippen molar-refractivity contribution in [1.29, 1.82) is 0 Å². The van der Waals surface area contributed by atoms with Gasteiger partial charge in [-0.15, -0.1) is 0 Å². The largest absolute Gasteiger partial charge is 0.497 e. The molecule has 0 aliphatic carbocycles. The average molecular weight is 194 g/mol. The predicted molar refractivity (Wildman–Crippen MR) is 58.5 cm³/mol. The summed E-state index contributed by atoms with van der Waals surface area (Å²) in [5.41, 5.74) is 7.14. The second-order valence-electron chi connectivity index (χ2n) is 3.64. The third-order valence-electron chi connectivity index (χ3n) is 2.11. The summed E-state index contributed by atoms with van der Waals surface area (Å²) in [6, 6.07) is 7.95. The first-order chi connectivity index (χ1) is 6.63. The van der Waals surface area contributed by atoms with E-state index in [1.54, 1.807) is 7.11 Å². The Balaban J connectivity index is 2.66. The van der Waals surface area contributed by atoms with Crippen LogP contribution in [0.3, 0.4) is 0 Å². The number of benzene rings is 1. The molecule has 0 heterocycles. The van der Waals surface area contributed by atoms with Crippen molar-refractivity contribution >= 4 is 0 Å². The molecule has 0 saturated carbocycles. The third kappa shape index (κ3) is 3.01. The van der Waals surface area contributed by atoms with E-state index in [2.05, 4.69) is 4.90 Å². The minimum Gasteiger partial charge on any atom is -0.497 e. The Bertz CT molecular complexity index is 269. The molecule has 1 atom stereocenters. The van der Waals surface area contributed by atoms with E-state index in [9.17, 15) is 0 Å². The summed E-state index contributed by atoms with van der Waals surface area (Å²) >= 11 is 0. The standard InChI is InChI=1S/C11H18N2O/c1-13(2)8-11(12)9-4-6-10(14-3)7-5-9/h4-7,11H,8,12H2,1-3H3/t11-/m0/s1. The Kier molecular flexibility index (Phi) is 3.92. The fourth-order valence-corrected chi connectivity index (χ4v) is 1.35. The number of methoxy groups -OCH3 is 1. The minimum absolute atomic E-state index is 0.0657. The molecule has 1 aromatic rings. The molecular formula is C11H18N2O. The molecule has 0 spiro atoms. The van der Waals surface area contributed by atoms with Crippen molar-refractivity contribution in [1.82, 2.24) is 4.90 Å². The van der Waals surface area contributed by atoms with Gasteiger partial charge in [0.05, 0.1) is 7.11 Å². The zero-order valence-corrected chi connectivity index (χ0v) is 9.03. The van der Waals surface area contributed by atoms with Gasteiger partial charge in [-0.1, -0.05) is 12.1 Å². The van der Waals surface area contributed by atoms with E-state index in [0.717, 1.165) is 17.9 Å². The maximum atomic E-state index is 6.00. The molecule has 0 unspecified atom stereocenters. The lowest BCUT2D eigenvalue weighted by atomic mass is 10.1. The Morgan fingerprint density at radius 3 is 2.29 bits per heavy atom. The fraction of sp³-hybridized carbons (Fsp3) is 0.455. The topological polar surface area (TPSA) is 38.5 Å². The van der Waals surface area contributed by atoms with Crippen LogP contribution < -0.4 is 10.5 Å². The van der Waals surface area contributed by atoms with Crippen molar-refractivity contribution < 1.29 is 4.74 Å². The van der Waals surface area contributed by atoms with Gasteiger partial charge in [0.15, 0.2) is 0 Å². The van der Waals surface area contributed by atoms with Gasteiger partial charge in [-0.05, 0) is 31.8 Å². The van der Waals surface area contributed by atoms with Gasteiger partial charge >= 0.3 is 0 Å². The first kappa shape index (κ1) is 11.0. The van der Waals surface area contributed by atoms with Gasteiger partial charge in [0.2, 0.25) is 0 Å². The van der Waals surface area contributed by atoms with E-state index in [-0.39, 0.29) is 6.04 Å².